The molecule has 2 nitrogen and oxygen atoms in total. The Morgan fingerprint density at radius 1 is 1.28 bits per heavy atom. The molecule has 1 fully saturated rings. The van der Waals surface area contributed by atoms with Crippen LogP contribution in [0.4, 0.5) is 13.2 Å². The molecule has 1 aliphatic carbocycles. The first kappa shape index (κ1) is 13.4. The van der Waals surface area contributed by atoms with Crippen LogP contribution in [0.25, 0.3) is 0 Å². The highest BCUT2D eigenvalue weighted by atomic mass is 19.2. The average molecular weight is 258 g/mol. The van der Waals surface area contributed by atoms with E-state index in [1.54, 1.807) is 0 Å². The molecule has 1 aromatic carbocycles. The number of nitrogens with zero attached hydrogens (tertiary/aromatic N) is 1. The van der Waals surface area contributed by atoms with E-state index >= 15 is 0 Å². The fourth-order valence-electron chi connectivity index (χ4n) is 2.35. The van der Waals surface area contributed by atoms with Crippen LogP contribution in [0, 0.1) is 17.5 Å². The summed E-state index contributed by atoms with van der Waals surface area (Å²) in [5, 5.41) is 0. The van der Waals surface area contributed by atoms with Crippen molar-refractivity contribution in [2.75, 3.05) is 13.6 Å². The summed E-state index contributed by atoms with van der Waals surface area (Å²) in [4.78, 5) is 2.02. The molecule has 2 N–H and O–H groups in total. The first-order valence-electron chi connectivity index (χ1n) is 6.11. The normalized spacial score (nSPS) is 17.9. The molecular weight excluding hydrogens is 241 g/mol. The van der Waals surface area contributed by atoms with Gasteiger partial charge in [0.15, 0.2) is 17.5 Å². The Bertz CT molecular complexity index is 409. The summed E-state index contributed by atoms with van der Waals surface area (Å²) in [5.74, 6) is -3.75. The minimum Gasteiger partial charge on any atom is -0.329 e. The molecule has 0 amide bonds. The van der Waals surface area contributed by atoms with Gasteiger partial charge in [0.25, 0.3) is 0 Å². The molecule has 1 unspecified atom stereocenters. The molecule has 1 aromatic rings. The van der Waals surface area contributed by atoms with E-state index in [-0.39, 0.29) is 12.6 Å². The standard InChI is InChI=1S/C13H17F3N2/c1-18(9-3-2-4-9)12(7-17)8-5-10(14)13(16)11(15)6-8/h5-6,9,12H,2-4,7,17H2,1H3. The molecule has 0 aromatic heterocycles. The first-order valence-corrected chi connectivity index (χ1v) is 6.11. The van der Waals surface area contributed by atoms with Crippen molar-refractivity contribution in [2.45, 2.75) is 31.3 Å². The zero-order valence-electron chi connectivity index (χ0n) is 10.3. The molecule has 2 rings (SSSR count). The summed E-state index contributed by atoms with van der Waals surface area (Å²) in [6, 6.07) is 2.19. The van der Waals surface area contributed by atoms with Crippen molar-refractivity contribution in [1.29, 1.82) is 0 Å². The lowest BCUT2D eigenvalue weighted by Gasteiger charge is -2.39. The van der Waals surface area contributed by atoms with Gasteiger partial charge in [-0.05, 0) is 37.6 Å². The number of likely N-dealkylation sites (N-methyl/N-ethyl adjacent to an activating group) is 1. The van der Waals surface area contributed by atoms with Crippen molar-refractivity contribution < 1.29 is 13.2 Å². The van der Waals surface area contributed by atoms with Gasteiger partial charge >= 0.3 is 0 Å². The molecule has 0 radical (unpaired) electrons. The van der Waals surface area contributed by atoms with E-state index in [0.29, 0.717) is 11.6 Å². The van der Waals surface area contributed by atoms with Gasteiger partial charge in [-0.1, -0.05) is 6.42 Å². The summed E-state index contributed by atoms with van der Waals surface area (Å²) in [6.45, 7) is 0.248. The summed E-state index contributed by atoms with van der Waals surface area (Å²) in [5.41, 5.74) is 6.07. The first-order chi connectivity index (χ1) is 8.54. The third-order valence-corrected chi connectivity index (χ3v) is 3.76. The van der Waals surface area contributed by atoms with Crippen molar-refractivity contribution in [2.24, 2.45) is 5.73 Å². The Labute approximate surface area is 105 Å². The Kier molecular flexibility index (Phi) is 3.92. The SMILES string of the molecule is CN(C1CCC1)C(CN)c1cc(F)c(F)c(F)c1. The quantitative estimate of drug-likeness (QED) is 0.841. The second-order valence-electron chi connectivity index (χ2n) is 4.80. The van der Waals surface area contributed by atoms with E-state index < -0.39 is 17.5 Å². The van der Waals surface area contributed by atoms with Gasteiger partial charge in [0.05, 0.1) is 0 Å². The third-order valence-electron chi connectivity index (χ3n) is 3.76. The highest BCUT2D eigenvalue weighted by Crippen LogP contribution is 2.31. The third kappa shape index (κ3) is 2.37. The smallest absolute Gasteiger partial charge is 0.194 e. The molecule has 1 aliphatic rings. The van der Waals surface area contributed by atoms with Crippen molar-refractivity contribution in [3.63, 3.8) is 0 Å². The van der Waals surface area contributed by atoms with Gasteiger partial charge in [-0.25, -0.2) is 13.2 Å². The van der Waals surface area contributed by atoms with Crippen LogP contribution in [0.5, 0.6) is 0 Å². The number of halogens is 3. The molecule has 100 valence electrons. The number of hydrogen-bond donors (Lipinski definition) is 1. The Hall–Kier alpha value is -1.07. The van der Waals surface area contributed by atoms with Crippen LogP contribution in [-0.4, -0.2) is 24.5 Å². The molecule has 18 heavy (non-hydrogen) atoms. The Morgan fingerprint density at radius 3 is 2.22 bits per heavy atom. The monoisotopic (exact) mass is 258 g/mol. The van der Waals surface area contributed by atoms with E-state index in [4.69, 9.17) is 5.73 Å². The maximum atomic E-state index is 13.2. The van der Waals surface area contributed by atoms with Crippen molar-refractivity contribution in [1.82, 2.24) is 4.90 Å². The molecular formula is C13H17F3N2. The van der Waals surface area contributed by atoms with Crippen LogP contribution >= 0.6 is 0 Å². The fraction of sp³-hybridized carbons (Fsp3) is 0.538. The molecule has 5 heteroatoms. The lowest BCUT2D eigenvalue weighted by atomic mass is 9.89. The van der Waals surface area contributed by atoms with Crippen molar-refractivity contribution in [3.8, 4) is 0 Å². The second-order valence-corrected chi connectivity index (χ2v) is 4.80. The van der Waals surface area contributed by atoms with Crippen LogP contribution in [0.3, 0.4) is 0 Å². The van der Waals surface area contributed by atoms with Crippen LogP contribution < -0.4 is 5.73 Å². The van der Waals surface area contributed by atoms with E-state index in [1.165, 1.54) is 6.42 Å². The summed E-state index contributed by atoms with van der Waals surface area (Å²) in [7, 11) is 1.89. The molecule has 1 saturated carbocycles. The molecule has 0 saturated heterocycles. The van der Waals surface area contributed by atoms with Gasteiger partial charge in [-0.2, -0.15) is 0 Å². The minimum absolute atomic E-state index is 0.248. The van der Waals surface area contributed by atoms with Gasteiger partial charge in [0, 0.05) is 18.6 Å². The van der Waals surface area contributed by atoms with Crippen LogP contribution in [0.15, 0.2) is 12.1 Å². The number of rotatable bonds is 4. The average Bonchev–Trinajstić information content (AvgIpc) is 2.24. The molecule has 0 spiro atoms. The van der Waals surface area contributed by atoms with E-state index in [1.807, 2.05) is 11.9 Å². The van der Waals surface area contributed by atoms with Gasteiger partial charge in [0.1, 0.15) is 0 Å². The number of hydrogen-bond acceptors (Lipinski definition) is 2. The lowest BCUT2D eigenvalue weighted by molar-refractivity contribution is 0.113. The molecule has 0 heterocycles. The zero-order valence-corrected chi connectivity index (χ0v) is 10.3. The zero-order chi connectivity index (χ0) is 13.3. The largest absolute Gasteiger partial charge is 0.329 e. The highest BCUT2D eigenvalue weighted by molar-refractivity contribution is 5.23. The predicted octanol–water partition coefficient (Wildman–Crippen LogP) is 2.59. The predicted molar refractivity (Wildman–Crippen MR) is 63.5 cm³/mol. The van der Waals surface area contributed by atoms with Crippen LogP contribution in [-0.2, 0) is 0 Å². The Balaban J connectivity index is 2.26. The van der Waals surface area contributed by atoms with Crippen LogP contribution in [0.2, 0.25) is 0 Å². The van der Waals surface area contributed by atoms with Gasteiger partial charge in [-0.3, -0.25) is 4.90 Å². The van der Waals surface area contributed by atoms with Crippen LogP contribution in [0.1, 0.15) is 30.9 Å². The maximum absolute atomic E-state index is 13.2. The summed E-state index contributed by atoms with van der Waals surface area (Å²) >= 11 is 0. The van der Waals surface area contributed by atoms with Crippen molar-refractivity contribution in [3.05, 3.63) is 35.1 Å². The number of nitrogens with two attached hydrogens (primary N) is 1. The topological polar surface area (TPSA) is 29.3 Å². The van der Waals surface area contributed by atoms with Gasteiger partial charge in [-0.15, -0.1) is 0 Å². The molecule has 1 atom stereocenters. The molecule has 0 aliphatic heterocycles. The van der Waals surface area contributed by atoms with Crippen molar-refractivity contribution >= 4 is 0 Å². The number of benzene rings is 1. The van der Waals surface area contributed by atoms with Gasteiger partial charge in [0.2, 0.25) is 0 Å². The van der Waals surface area contributed by atoms with E-state index in [9.17, 15) is 13.2 Å². The van der Waals surface area contributed by atoms with E-state index in [2.05, 4.69) is 0 Å². The summed E-state index contributed by atoms with van der Waals surface area (Å²) < 4.78 is 39.4. The fourth-order valence-corrected chi connectivity index (χ4v) is 2.35. The second kappa shape index (κ2) is 5.28. The van der Waals surface area contributed by atoms with Gasteiger partial charge < -0.3 is 5.73 Å². The minimum atomic E-state index is -1.43. The summed E-state index contributed by atoms with van der Waals surface area (Å²) in [6.07, 6.45) is 3.30. The lowest BCUT2D eigenvalue weighted by Crippen LogP contribution is -2.42. The Morgan fingerprint density at radius 2 is 1.83 bits per heavy atom. The molecule has 0 bridgehead atoms. The maximum Gasteiger partial charge on any atom is 0.194 e. The highest BCUT2D eigenvalue weighted by Gasteiger charge is 2.28. The van der Waals surface area contributed by atoms with E-state index in [0.717, 1.165) is 25.0 Å².